The summed E-state index contributed by atoms with van der Waals surface area (Å²) in [5, 5.41) is 9.41. The maximum absolute atomic E-state index is 9.41. The summed E-state index contributed by atoms with van der Waals surface area (Å²) in [6.07, 6.45) is 11.7. The van der Waals surface area contributed by atoms with Crippen molar-refractivity contribution in [2.24, 2.45) is 17.3 Å². The summed E-state index contributed by atoms with van der Waals surface area (Å²) in [5.74, 6) is 1.86. The third kappa shape index (κ3) is 2.19. The highest BCUT2D eigenvalue weighted by atomic mass is 14.5. The Balaban J connectivity index is 2.03. The molecule has 84 valence electrons. The van der Waals surface area contributed by atoms with Gasteiger partial charge in [0.25, 0.3) is 0 Å². The minimum absolute atomic E-state index is 0.0628. The molecule has 0 aliphatic heterocycles. The Morgan fingerprint density at radius 2 is 1.93 bits per heavy atom. The van der Waals surface area contributed by atoms with Gasteiger partial charge in [-0.1, -0.05) is 39.0 Å². The minimum Gasteiger partial charge on any atom is -0.198 e. The average molecular weight is 205 g/mol. The molecule has 0 saturated heterocycles. The smallest absolute Gasteiger partial charge is 0.0689 e. The van der Waals surface area contributed by atoms with E-state index in [9.17, 15) is 5.26 Å². The third-order valence-electron chi connectivity index (χ3n) is 4.68. The quantitative estimate of drug-likeness (QED) is 0.660. The minimum atomic E-state index is 0.0628. The highest BCUT2D eigenvalue weighted by molar-refractivity contribution is 5.03. The number of hydrogen-bond acceptors (Lipinski definition) is 1. The van der Waals surface area contributed by atoms with Crippen molar-refractivity contribution in [1.82, 2.24) is 0 Å². The summed E-state index contributed by atoms with van der Waals surface area (Å²) in [4.78, 5) is 0. The SMILES string of the molecule is CCCC1(C#N)CCC2CCCCC2C1. The second kappa shape index (κ2) is 4.56. The lowest BCUT2D eigenvalue weighted by molar-refractivity contribution is 0.0880. The van der Waals surface area contributed by atoms with E-state index in [0.29, 0.717) is 0 Å². The molecule has 2 aliphatic carbocycles. The van der Waals surface area contributed by atoms with Crippen LogP contribution in [0.2, 0.25) is 0 Å². The first-order valence-corrected chi connectivity index (χ1v) is 6.71. The molecule has 2 rings (SSSR count). The Morgan fingerprint density at radius 3 is 2.60 bits per heavy atom. The third-order valence-corrected chi connectivity index (χ3v) is 4.68. The molecule has 3 unspecified atom stereocenters. The van der Waals surface area contributed by atoms with Crippen LogP contribution in [0, 0.1) is 28.6 Å². The number of fused-ring (bicyclic) bond motifs is 1. The molecule has 0 spiro atoms. The summed E-state index contributed by atoms with van der Waals surface area (Å²) in [7, 11) is 0. The molecule has 3 atom stereocenters. The van der Waals surface area contributed by atoms with Crippen molar-refractivity contribution in [2.75, 3.05) is 0 Å². The van der Waals surface area contributed by atoms with Crippen molar-refractivity contribution in [3.8, 4) is 6.07 Å². The van der Waals surface area contributed by atoms with Crippen LogP contribution < -0.4 is 0 Å². The lowest BCUT2D eigenvalue weighted by Gasteiger charge is -2.43. The van der Waals surface area contributed by atoms with Crippen LogP contribution in [0.3, 0.4) is 0 Å². The topological polar surface area (TPSA) is 23.8 Å². The van der Waals surface area contributed by atoms with Gasteiger partial charge in [-0.05, 0) is 37.5 Å². The van der Waals surface area contributed by atoms with Gasteiger partial charge in [0.1, 0.15) is 0 Å². The summed E-state index contributed by atoms with van der Waals surface area (Å²) < 4.78 is 0. The molecule has 0 aromatic carbocycles. The summed E-state index contributed by atoms with van der Waals surface area (Å²) in [6.45, 7) is 2.21. The molecule has 0 N–H and O–H groups in total. The first-order chi connectivity index (χ1) is 7.29. The van der Waals surface area contributed by atoms with E-state index >= 15 is 0 Å². The van der Waals surface area contributed by atoms with Crippen LogP contribution in [0.1, 0.15) is 64.7 Å². The van der Waals surface area contributed by atoms with Crippen LogP contribution in [0.4, 0.5) is 0 Å². The molecule has 0 bridgehead atoms. The second-order valence-electron chi connectivity index (χ2n) is 5.69. The molecule has 1 heteroatoms. The lowest BCUT2D eigenvalue weighted by atomic mass is 9.60. The molecule has 15 heavy (non-hydrogen) atoms. The molecule has 0 aromatic rings. The maximum Gasteiger partial charge on any atom is 0.0689 e. The standard InChI is InChI=1S/C14H23N/c1-2-8-14(11-15)9-7-12-5-3-4-6-13(12)10-14/h12-13H,2-10H2,1H3. The van der Waals surface area contributed by atoms with Gasteiger partial charge in [-0.25, -0.2) is 0 Å². The van der Waals surface area contributed by atoms with E-state index in [1.54, 1.807) is 0 Å². The Bertz CT molecular complexity index is 253. The number of nitriles is 1. The molecule has 0 heterocycles. The van der Waals surface area contributed by atoms with E-state index in [1.807, 2.05) is 0 Å². The summed E-state index contributed by atoms with van der Waals surface area (Å²) in [6, 6.07) is 2.65. The van der Waals surface area contributed by atoms with E-state index in [0.717, 1.165) is 18.3 Å². The highest BCUT2D eigenvalue weighted by Gasteiger charge is 2.40. The van der Waals surface area contributed by atoms with Crippen LogP contribution in [0.15, 0.2) is 0 Å². The Hall–Kier alpha value is -0.510. The fourth-order valence-corrected chi connectivity index (χ4v) is 3.86. The summed E-state index contributed by atoms with van der Waals surface area (Å²) in [5.41, 5.74) is 0.0628. The van der Waals surface area contributed by atoms with Crippen LogP contribution in [0.25, 0.3) is 0 Å². The average Bonchev–Trinajstić information content (AvgIpc) is 2.29. The molecule has 1 nitrogen and oxygen atoms in total. The van der Waals surface area contributed by atoms with Gasteiger partial charge in [-0.15, -0.1) is 0 Å². The molecule has 0 radical (unpaired) electrons. The van der Waals surface area contributed by atoms with Crippen molar-refractivity contribution < 1.29 is 0 Å². The number of rotatable bonds is 2. The maximum atomic E-state index is 9.41. The van der Waals surface area contributed by atoms with E-state index < -0.39 is 0 Å². The van der Waals surface area contributed by atoms with Crippen LogP contribution in [0.5, 0.6) is 0 Å². The fourth-order valence-electron chi connectivity index (χ4n) is 3.86. The van der Waals surface area contributed by atoms with E-state index in [-0.39, 0.29) is 5.41 Å². The number of nitrogens with zero attached hydrogens (tertiary/aromatic N) is 1. The largest absolute Gasteiger partial charge is 0.198 e. The van der Waals surface area contributed by atoms with Crippen molar-refractivity contribution in [1.29, 1.82) is 5.26 Å². The van der Waals surface area contributed by atoms with E-state index in [1.165, 1.54) is 51.4 Å². The number of hydrogen-bond donors (Lipinski definition) is 0. The van der Waals surface area contributed by atoms with Gasteiger partial charge in [0.2, 0.25) is 0 Å². The van der Waals surface area contributed by atoms with Crippen LogP contribution in [-0.4, -0.2) is 0 Å². The van der Waals surface area contributed by atoms with Crippen molar-refractivity contribution >= 4 is 0 Å². The van der Waals surface area contributed by atoms with Gasteiger partial charge in [-0.3, -0.25) is 0 Å². The van der Waals surface area contributed by atoms with Gasteiger partial charge >= 0.3 is 0 Å². The molecule has 0 aromatic heterocycles. The fraction of sp³-hybridized carbons (Fsp3) is 0.929. The van der Waals surface area contributed by atoms with Gasteiger partial charge < -0.3 is 0 Å². The van der Waals surface area contributed by atoms with E-state index in [2.05, 4.69) is 13.0 Å². The van der Waals surface area contributed by atoms with Crippen LogP contribution >= 0.6 is 0 Å². The zero-order chi connectivity index (χ0) is 10.7. The zero-order valence-corrected chi connectivity index (χ0v) is 9.97. The van der Waals surface area contributed by atoms with Gasteiger partial charge in [0, 0.05) is 0 Å². The molecule has 0 amide bonds. The second-order valence-corrected chi connectivity index (χ2v) is 5.69. The lowest BCUT2D eigenvalue weighted by Crippen LogP contribution is -2.34. The predicted octanol–water partition coefficient (Wildman–Crippen LogP) is 4.29. The van der Waals surface area contributed by atoms with Crippen molar-refractivity contribution in [2.45, 2.75) is 64.7 Å². The Labute approximate surface area is 93.9 Å². The van der Waals surface area contributed by atoms with E-state index in [4.69, 9.17) is 0 Å². The molecular weight excluding hydrogens is 182 g/mol. The first kappa shape index (κ1) is 11.0. The molecule has 2 aliphatic rings. The molecule has 2 saturated carbocycles. The monoisotopic (exact) mass is 205 g/mol. The predicted molar refractivity (Wildman–Crippen MR) is 62.3 cm³/mol. The summed E-state index contributed by atoms with van der Waals surface area (Å²) >= 11 is 0. The normalized spacial score (nSPS) is 40.5. The van der Waals surface area contributed by atoms with Gasteiger partial charge in [0.05, 0.1) is 11.5 Å². The zero-order valence-electron chi connectivity index (χ0n) is 9.97. The van der Waals surface area contributed by atoms with Crippen LogP contribution in [-0.2, 0) is 0 Å². The molecule has 2 fully saturated rings. The highest BCUT2D eigenvalue weighted by Crippen LogP contribution is 2.49. The Morgan fingerprint density at radius 1 is 1.20 bits per heavy atom. The van der Waals surface area contributed by atoms with Crippen molar-refractivity contribution in [3.05, 3.63) is 0 Å². The van der Waals surface area contributed by atoms with Gasteiger partial charge in [-0.2, -0.15) is 5.26 Å². The van der Waals surface area contributed by atoms with Gasteiger partial charge in [0.15, 0.2) is 0 Å². The van der Waals surface area contributed by atoms with Crippen molar-refractivity contribution in [3.63, 3.8) is 0 Å². The molecular formula is C14H23N. The first-order valence-electron chi connectivity index (χ1n) is 6.71. The Kier molecular flexibility index (Phi) is 3.34.